The van der Waals surface area contributed by atoms with Gasteiger partial charge in [0.15, 0.2) is 11.8 Å². The van der Waals surface area contributed by atoms with Crippen LogP contribution in [0.1, 0.15) is 17.3 Å². The lowest BCUT2D eigenvalue weighted by atomic mass is 10.1. The highest BCUT2D eigenvalue weighted by atomic mass is 127. The molecule has 0 saturated heterocycles. The van der Waals surface area contributed by atoms with Gasteiger partial charge in [-0.3, -0.25) is 4.99 Å². The van der Waals surface area contributed by atoms with Gasteiger partial charge < -0.3 is 19.9 Å². The number of aryl methyl sites for hydroxylation is 1. The fraction of sp³-hybridized carbons (Fsp3) is 0.400. The molecule has 0 amide bonds. The molecule has 1 aliphatic rings. The number of benzene rings is 1. The lowest BCUT2D eigenvalue weighted by Gasteiger charge is -2.14. The number of para-hydroxylation sites is 1. The zero-order valence-corrected chi connectivity index (χ0v) is 15.4. The first-order chi connectivity index (χ1) is 10.7. The first-order valence-corrected chi connectivity index (χ1v) is 7.23. The Morgan fingerprint density at radius 3 is 2.87 bits per heavy atom. The van der Waals surface area contributed by atoms with Gasteiger partial charge in [0, 0.05) is 13.5 Å². The fourth-order valence-electron chi connectivity index (χ4n) is 2.37. The molecule has 1 aromatic carbocycles. The summed E-state index contributed by atoms with van der Waals surface area (Å²) in [6, 6.07) is 8.12. The largest absolute Gasteiger partial charge is 0.488 e. The molecule has 124 valence electrons. The van der Waals surface area contributed by atoms with Crippen molar-refractivity contribution < 1.29 is 9.26 Å². The number of fused-ring (bicyclic) bond motifs is 1. The molecule has 0 saturated carbocycles. The molecule has 0 bridgehead atoms. The molecular formula is C15H20IN5O2. The van der Waals surface area contributed by atoms with E-state index in [1.165, 1.54) is 5.56 Å². The molecule has 0 fully saturated rings. The average Bonchev–Trinajstić information content (AvgIpc) is 3.13. The standard InChI is InChI=1S/C15H19N5O2.HI/c1-10-19-14(22-20-10)9-18-15(16-2)17-8-12-7-11-5-3-4-6-13(11)21-12;/h3-6,12H,7-9H2,1-2H3,(H2,16,17,18);1H. The van der Waals surface area contributed by atoms with Crippen molar-refractivity contribution in [3.05, 3.63) is 41.5 Å². The van der Waals surface area contributed by atoms with Crippen LogP contribution in [-0.4, -0.2) is 35.8 Å². The van der Waals surface area contributed by atoms with E-state index < -0.39 is 0 Å². The van der Waals surface area contributed by atoms with Gasteiger partial charge in [0.25, 0.3) is 0 Å². The number of rotatable bonds is 4. The van der Waals surface area contributed by atoms with E-state index in [1.807, 2.05) is 18.2 Å². The van der Waals surface area contributed by atoms with E-state index in [0.29, 0.717) is 30.8 Å². The zero-order valence-electron chi connectivity index (χ0n) is 13.1. The molecule has 1 atom stereocenters. The van der Waals surface area contributed by atoms with Crippen molar-refractivity contribution in [1.29, 1.82) is 0 Å². The van der Waals surface area contributed by atoms with Crippen LogP contribution in [0, 0.1) is 6.92 Å². The van der Waals surface area contributed by atoms with Gasteiger partial charge in [-0.15, -0.1) is 24.0 Å². The maximum atomic E-state index is 5.88. The van der Waals surface area contributed by atoms with Crippen molar-refractivity contribution in [1.82, 2.24) is 20.8 Å². The van der Waals surface area contributed by atoms with Crippen LogP contribution in [0.15, 0.2) is 33.8 Å². The molecule has 8 heteroatoms. The van der Waals surface area contributed by atoms with E-state index in [4.69, 9.17) is 9.26 Å². The average molecular weight is 429 g/mol. The Bertz CT molecular complexity index is 648. The molecule has 1 aromatic heterocycles. The summed E-state index contributed by atoms with van der Waals surface area (Å²) in [5.41, 5.74) is 1.25. The highest BCUT2D eigenvalue weighted by molar-refractivity contribution is 14.0. The number of nitrogens with one attached hydrogen (secondary N) is 2. The maximum Gasteiger partial charge on any atom is 0.246 e. The molecule has 23 heavy (non-hydrogen) atoms. The molecule has 0 spiro atoms. The van der Waals surface area contributed by atoms with E-state index in [1.54, 1.807) is 14.0 Å². The van der Waals surface area contributed by atoms with Crippen LogP contribution in [0.4, 0.5) is 0 Å². The van der Waals surface area contributed by atoms with Gasteiger partial charge in [-0.1, -0.05) is 23.4 Å². The van der Waals surface area contributed by atoms with Gasteiger partial charge in [0.05, 0.1) is 13.1 Å². The van der Waals surface area contributed by atoms with Crippen molar-refractivity contribution in [3.63, 3.8) is 0 Å². The molecule has 2 aromatic rings. The summed E-state index contributed by atoms with van der Waals surface area (Å²) in [5, 5.41) is 10.1. The quantitative estimate of drug-likeness (QED) is 0.437. The monoisotopic (exact) mass is 429 g/mol. The highest BCUT2D eigenvalue weighted by Crippen LogP contribution is 2.27. The minimum absolute atomic E-state index is 0. The second kappa shape index (κ2) is 8.14. The van der Waals surface area contributed by atoms with Crippen molar-refractivity contribution >= 4 is 29.9 Å². The SMILES string of the molecule is CN=C(NCc1nc(C)no1)NCC1Cc2ccccc2O1.I. The van der Waals surface area contributed by atoms with Crippen LogP contribution < -0.4 is 15.4 Å². The number of guanidine groups is 1. The number of halogens is 1. The Hall–Kier alpha value is -1.84. The second-order valence-corrected chi connectivity index (χ2v) is 5.09. The number of hydrogen-bond donors (Lipinski definition) is 2. The third kappa shape index (κ3) is 4.57. The summed E-state index contributed by atoms with van der Waals surface area (Å²) in [7, 11) is 1.72. The number of nitrogens with zero attached hydrogens (tertiary/aromatic N) is 3. The van der Waals surface area contributed by atoms with E-state index in [2.05, 4.69) is 31.8 Å². The van der Waals surface area contributed by atoms with Gasteiger partial charge in [-0.05, 0) is 18.6 Å². The van der Waals surface area contributed by atoms with Crippen molar-refractivity contribution in [2.45, 2.75) is 26.0 Å². The maximum absolute atomic E-state index is 5.88. The van der Waals surface area contributed by atoms with Crippen LogP contribution in [-0.2, 0) is 13.0 Å². The first-order valence-electron chi connectivity index (χ1n) is 7.23. The lowest BCUT2D eigenvalue weighted by molar-refractivity contribution is 0.235. The fourth-order valence-corrected chi connectivity index (χ4v) is 2.37. The minimum atomic E-state index is 0. The Morgan fingerprint density at radius 2 is 2.17 bits per heavy atom. The normalized spacial score (nSPS) is 16.3. The number of aromatic nitrogens is 2. The van der Waals surface area contributed by atoms with Gasteiger partial charge in [-0.2, -0.15) is 4.98 Å². The van der Waals surface area contributed by atoms with Crippen LogP contribution >= 0.6 is 24.0 Å². The molecule has 0 radical (unpaired) electrons. The van der Waals surface area contributed by atoms with Crippen molar-refractivity contribution in [2.75, 3.05) is 13.6 Å². The lowest BCUT2D eigenvalue weighted by Crippen LogP contribution is -2.42. The third-order valence-corrected chi connectivity index (χ3v) is 3.41. The Balaban J connectivity index is 0.00000192. The molecule has 1 unspecified atom stereocenters. The van der Waals surface area contributed by atoms with Crippen molar-refractivity contribution in [3.8, 4) is 5.75 Å². The molecular weight excluding hydrogens is 409 g/mol. The highest BCUT2D eigenvalue weighted by Gasteiger charge is 2.22. The van der Waals surface area contributed by atoms with Gasteiger partial charge in [0.1, 0.15) is 11.9 Å². The van der Waals surface area contributed by atoms with Gasteiger partial charge >= 0.3 is 0 Å². The van der Waals surface area contributed by atoms with Crippen LogP contribution in [0.25, 0.3) is 0 Å². The summed E-state index contributed by atoms with van der Waals surface area (Å²) in [6.45, 7) is 2.90. The summed E-state index contributed by atoms with van der Waals surface area (Å²) in [4.78, 5) is 8.30. The smallest absolute Gasteiger partial charge is 0.246 e. The topological polar surface area (TPSA) is 84.6 Å². The Morgan fingerprint density at radius 1 is 1.35 bits per heavy atom. The predicted octanol–water partition coefficient (Wildman–Crippen LogP) is 1.66. The summed E-state index contributed by atoms with van der Waals surface area (Å²) in [5.74, 6) is 2.80. The summed E-state index contributed by atoms with van der Waals surface area (Å²) in [6.07, 6.45) is 1.02. The van der Waals surface area contributed by atoms with Gasteiger partial charge in [0.2, 0.25) is 5.89 Å². The van der Waals surface area contributed by atoms with E-state index in [0.717, 1.165) is 12.2 Å². The van der Waals surface area contributed by atoms with Crippen molar-refractivity contribution in [2.24, 2.45) is 4.99 Å². The van der Waals surface area contributed by atoms with E-state index in [9.17, 15) is 0 Å². The Kier molecular flexibility index (Phi) is 6.20. The molecule has 2 N–H and O–H groups in total. The summed E-state index contributed by atoms with van der Waals surface area (Å²) < 4.78 is 10.9. The van der Waals surface area contributed by atoms with Crippen LogP contribution in [0.3, 0.4) is 0 Å². The Labute approximate surface area is 151 Å². The third-order valence-electron chi connectivity index (χ3n) is 3.41. The van der Waals surface area contributed by atoms with Crippen LogP contribution in [0.5, 0.6) is 5.75 Å². The zero-order chi connectivity index (χ0) is 15.4. The van der Waals surface area contributed by atoms with E-state index in [-0.39, 0.29) is 30.1 Å². The van der Waals surface area contributed by atoms with Crippen LogP contribution in [0.2, 0.25) is 0 Å². The van der Waals surface area contributed by atoms with E-state index >= 15 is 0 Å². The minimum Gasteiger partial charge on any atom is -0.488 e. The predicted molar refractivity (Wildman–Crippen MR) is 97.2 cm³/mol. The second-order valence-electron chi connectivity index (χ2n) is 5.09. The number of hydrogen-bond acceptors (Lipinski definition) is 5. The number of aliphatic imine (C=N–C) groups is 1. The molecule has 3 rings (SSSR count). The first kappa shape index (κ1) is 17.5. The molecule has 1 aliphatic heterocycles. The number of ether oxygens (including phenoxy) is 1. The summed E-state index contributed by atoms with van der Waals surface area (Å²) >= 11 is 0. The van der Waals surface area contributed by atoms with Gasteiger partial charge in [-0.25, -0.2) is 0 Å². The molecule has 0 aliphatic carbocycles. The molecule has 2 heterocycles. The molecule has 7 nitrogen and oxygen atoms in total.